The summed E-state index contributed by atoms with van der Waals surface area (Å²) < 4.78 is 0. The fourth-order valence-electron chi connectivity index (χ4n) is 2.03. The lowest BCUT2D eigenvalue weighted by atomic mass is 10.1. The van der Waals surface area contributed by atoms with E-state index in [9.17, 15) is 14.4 Å². The summed E-state index contributed by atoms with van der Waals surface area (Å²) in [4.78, 5) is 39.0. The van der Waals surface area contributed by atoms with Gasteiger partial charge in [-0.05, 0) is 24.6 Å². The summed E-state index contributed by atoms with van der Waals surface area (Å²) in [5.74, 6) is -1.08. The molecule has 0 spiro atoms. The first-order valence-electron chi connectivity index (χ1n) is 6.43. The predicted octanol–water partition coefficient (Wildman–Crippen LogP) is -0.764. The number of imidazole rings is 1. The van der Waals surface area contributed by atoms with Crippen molar-refractivity contribution in [3.63, 3.8) is 0 Å². The number of carbonyl (C=O) groups excluding carboxylic acids is 2. The second-order valence-corrected chi connectivity index (χ2v) is 4.89. The van der Waals surface area contributed by atoms with Crippen molar-refractivity contribution in [2.75, 3.05) is 0 Å². The van der Waals surface area contributed by atoms with Gasteiger partial charge < -0.3 is 26.8 Å². The third kappa shape index (κ3) is 3.48. The van der Waals surface area contributed by atoms with Crippen LogP contribution in [0.1, 0.15) is 24.9 Å². The van der Waals surface area contributed by atoms with Gasteiger partial charge in [0, 0.05) is 0 Å². The standard InChI is InChI=1S/C13H17N5O3/c1-6(16-12(20)8(14)5-11(15)19)7-2-3-9-10(4-7)18-13(21)17-9/h2-4,6,8H,5,14H2,1H3,(H2,15,19)(H,16,20)(H2,17,18,21). The van der Waals surface area contributed by atoms with E-state index >= 15 is 0 Å². The number of carbonyl (C=O) groups is 2. The minimum atomic E-state index is -0.972. The maximum atomic E-state index is 11.8. The third-order valence-electron chi connectivity index (χ3n) is 3.16. The molecule has 8 heteroatoms. The first-order valence-corrected chi connectivity index (χ1v) is 6.43. The smallest absolute Gasteiger partial charge is 0.323 e. The highest BCUT2D eigenvalue weighted by molar-refractivity contribution is 5.87. The average Bonchev–Trinajstić information content (AvgIpc) is 2.76. The van der Waals surface area contributed by atoms with Crippen LogP contribution in [-0.4, -0.2) is 27.8 Å². The number of H-pyrrole nitrogens is 2. The molecule has 0 aliphatic heterocycles. The van der Waals surface area contributed by atoms with E-state index in [-0.39, 0.29) is 18.2 Å². The molecule has 7 N–H and O–H groups in total. The summed E-state index contributed by atoms with van der Waals surface area (Å²) in [6, 6.07) is 4.00. The van der Waals surface area contributed by atoms with Crippen molar-refractivity contribution in [1.82, 2.24) is 15.3 Å². The maximum Gasteiger partial charge on any atom is 0.323 e. The fraction of sp³-hybridized carbons (Fsp3) is 0.308. The van der Waals surface area contributed by atoms with E-state index in [4.69, 9.17) is 11.5 Å². The summed E-state index contributed by atoms with van der Waals surface area (Å²) in [5.41, 5.74) is 12.4. The van der Waals surface area contributed by atoms with Gasteiger partial charge in [0.2, 0.25) is 11.8 Å². The van der Waals surface area contributed by atoms with Crippen molar-refractivity contribution in [1.29, 1.82) is 0 Å². The summed E-state index contributed by atoms with van der Waals surface area (Å²) >= 11 is 0. The van der Waals surface area contributed by atoms with E-state index in [1.165, 1.54) is 0 Å². The molecule has 2 atom stereocenters. The van der Waals surface area contributed by atoms with E-state index < -0.39 is 17.9 Å². The molecular formula is C13H17N5O3. The highest BCUT2D eigenvalue weighted by Crippen LogP contribution is 2.17. The highest BCUT2D eigenvalue weighted by atomic mass is 16.2. The number of hydrogen-bond acceptors (Lipinski definition) is 4. The summed E-state index contributed by atoms with van der Waals surface area (Å²) in [7, 11) is 0. The maximum absolute atomic E-state index is 11.8. The average molecular weight is 291 g/mol. The number of nitrogens with two attached hydrogens (primary N) is 2. The van der Waals surface area contributed by atoms with Gasteiger partial charge >= 0.3 is 5.69 Å². The zero-order valence-corrected chi connectivity index (χ0v) is 11.5. The molecule has 0 aliphatic rings. The Balaban J connectivity index is 2.10. The number of benzene rings is 1. The highest BCUT2D eigenvalue weighted by Gasteiger charge is 2.18. The van der Waals surface area contributed by atoms with Crippen LogP contribution in [0.15, 0.2) is 23.0 Å². The van der Waals surface area contributed by atoms with Gasteiger partial charge in [-0.2, -0.15) is 0 Å². The Morgan fingerprint density at radius 3 is 2.62 bits per heavy atom. The largest absolute Gasteiger partial charge is 0.370 e. The van der Waals surface area contributed by atoms with E-state index in [1.807, 2.05) is 0 Å². The van der Waals surface area contributed by atoms with Crippen molar-refractivity contribution >= 4 is 22.8 Å². The van der Waals surface area contributed by atoms with Crippen molar-refractivity contribution in [2.45, 2.75) is 25.4 Å². The fourth-order valence-corrected chi connectivity index (χ4v) is 2.03. The lowest BCUT2D eigenvalue weighted by molar-refractivity contribution is -0.126. The van der Waals surface area contributed by atoms with E-state index in [0.717, 1.165) is 5.56 Å². The Hall–Kier alpha value is -2.61. The number of rotatable bonds is 5. The van der Waals surface area contributed by atoms with Crippen molar-refractivity contribution in [3.8, 4) is 0 Å². The number of nitrogens with one attached hydrogen (secondary N) is 3. The van der Waals surface area contributed by atoms with Crippen molar-refractivity contribution < 1.29 is 9.59 Å². The van der Waals surface area contributed by atoms with Gasteiger partial charge in [-0.3, -0.25) is 9.59 Å². The van der Waals surface area contributed by atoms with Gasteiger partial charge in [-0.15, -0.1) is 0 Å². The SMILES string of the molecule is CC(NC(=O)C(N)CC(N)=O)c1ccc2[nH]c(=O)[nH]c2c1. The molecule has 0 saturated heterocycles. The van der Waals surface area contributed by atoms with Crippen LogP contribution in [0.5, 0.6) is 0 Å². The second-order valence-electron chi connectivity index (χ2n) is 4.89. The molecule has 1 heterocycles. The number of amides is 2. The first kappa shape index (κ1) is 14.8. The minimum absolute atomic E-state index is 0.206. The molecule has 0 saturated carbocycles. The third-order valence-corrected chi connectivity index (χ3v) is 3.16. The van der Waals surface area contributed by atoms with Gasteiger partial charge in [0.1, 0.15) is 0 Å². The molecule has 2 rings (SSSR count). The number of hydrogen-bond donors (Lipinski definition) is 5. The van der Waals surface area contributed by atoms with Gasteiger partial charge in [0.05, 0.1) is 29.5 Å². The van der Waals surface area contributed by atoms with E-state index in [2.05, 4.69) is 15.3 Å². The molecule has 1 aromatic heterocycles. The molecule has 21 heavy (non-hydrogen) atoms. The number of fused-ring (bicyclic) bond motifs is 1. The quantitative estimate of drug-likeness (QED) is 0.492. The molecule has 0 aliphatic carbocycles. The topological polar surface area (TPSA) is 147 Å². The molecule has 0 fully saturated rings. The van der Waals surface area contributed by atoms with Gasteiger partial charge in [-0.1, -0.05) is 6.07 Å². The van der Waals surface area contributed by atoms with Crippen LogP contribution in [-0.2, 0) is 9.59 Å². The lowest BCUT2D eigenvalue weighted by Gasteiger charge is -2.17. The number of aromatic nitrogens is 2. The number of primary amides is 1. The van der Waals surface area contributed by atoms with Gasteiger partial charge in [0.25, 0.3) is 0 Å². The molecule has 112 valence electrons. The monoisotopic (exact) mass is 291 g/mol. The van der Waals surface area contributed by atoms with Crippen LogP contribution in [0.2, 0.25) is 0 Å². The molecule has 0 bridgehead atoms. The Morgan fingerprint density at radius 2 is 1.95 bits per heavy atom. The van der Waals surface area contributed by atoms with Crippen LogP contribution >= 0.6 is 0 Å². The molecule has 2 amide bonds. The van der Waals surface area contributed by atoms with E-state index in [1.54, 1.807) is 25.1 Å². The lowest BCUT2D eigenvalue weighted by Crippen LogP contribution is -2.43. The number of aromatic amines is 2. The Morgan fingerprint density at radius 1 is 1.29 bits per heavy atom. The zero-order valence-electron chi connectivity index (χ0n) is 11.5. The van der Waals surface area contributed by atoms with Gasteiger partial charge in [0.15, 0.2) is 0 Å². The van der Waals surface area contributed by atoms with Crippen LogP contribution in [0, 0.1) is 0 Å². The van der Waals surface area contributed by atoms with Crippen LogP contribution < -0.4 is 22.5 Å². The van der Waals surface area contributed by atoms with Gasteiger partial charge in [-0.25, -0.2) is 4.79 Å². The Kier molecular flexibility index (Phi) is 4.08. The first-order chi connectivity index (χ1) is 9.86. The molecule has 0 radical (unpaired) electrons. The predicted molar refractivity (Wildman–Crippen MR) is 77.3 cm³/mol. The molecule has 2 aromatic rings. The second kappa shape index (κ2) is 5.80. The normalized spacial score (nSPS) is 13.8. The van der Waals surface area contributed by atoms with Crippen LogP contribution in [0.4, 0.5) is 0 Å². The summed E-state index contributed by atoms with van der Waals surface area (Å²) in [6.07, 6.45) is -0.206. The molecule has 8 nitrogen and oxygen atoms in total. The molecule has 2 unspecified atom stereocenters. The summed E-state index contributed by atoms with van der Waals surface area (Å²) in [5, 5.41) is 2.70. The van der Waals surface area contributed by atoms with E-state index in [0.29, 0.717) is 11.0 Å². The summed E-state index contributed by atoms with van der Waals surface area (Å²) in [6.45, 7) is 1.78. The Labute approximate surface area is 119 Å². The minimum Gasteiger partial charge on any atom is -0.370 e. The van der Waals surface area contributed by atoms with Crippen molar-refractivity contribution in [2.24, 2.45) is 11.5 Å². The van der Waals surface area contributed by atoms with Crippen molar-refractivity contribution in [3.05, 3.63) is 34.2 Å². The molecular weight excluding hydrogens is 274 g/mol. The van der Waals surface area contributed by atoms with Crippen LogP contribution in [0.25, 0.3) is 11.0 Å². The Bertz CT molecular complexity index is 733. The van der Waals surface area contributed by atoms with Crippen LogP contribution in [0.3, 0.4) is 0 Å². The zero-order chi connectivity index (χ0) is 15.6. The molecule has 1 aromatic carbocycles.